The van der Waals surface area contributed by atoms with E-state index in [1.165, 1.54) is 0 Å². The summed E-state index contributed by atoms with van der Waals surface area (Å²) >= 11 is 3.52. The Hall–Kier alpha value is -0.580. The van der Waals surface area contributed by atoms with E-state index in [1.54, 1.807) is 0 Å². The summed E-state index contributed by atoms with van der Waals surface area (Å²) in [7, 11) is 4.17. The van der Waals surface area contributed by atoms with Gasteiger partial charge in [0.05, 0.1) is 6.61 Å². The Bertz CT molecular complexity index is 394. The Morgan fingerprint density at radius 2 is 1.89 bits per heavy atom. The molecule has 1 aromatic carbocycles. The highest BCUT2D eigenvalue weighted by Crippen LogP contribution is 2.26. The number of rotatable bonds is 7. The van der Waals surface area contributed by atoms with Crippen molar-refractivity contribution in [2.75, 3.05) is 38.6 Å². The number of nitrogens with zero attached hydrogens (tertiary/aromatic N) is 2. The van der Waals surface area contributed by atoms with E-state index in [1.807, 2.05) is 12.1 Å². The second kappa shape index (κ2) is 7.88. The normalized spacial score (nSPS) is 11.4. The largest absolute Gasteiger partial charge is 0.392 e. The summed E-state index contributed by atoms with van der Waals surface area (Å²) in [6, 6.07) is 6.07. The lowest BCUT2D eigenvalue weighted by atomic mass is 10.1. The molecule has 0 radical (unpaired) electrons. The fraction of sp³-hybridized carbons (Fsp3) is 0.600. The van der Waals surface area contributed by atoms with E-state index in [0.717, 1.165) is 35.4 Å². The van der Waals surface area contributed by atoms with E-state index in [9.17, 15) is 5.11 Å². The summed E-state index contributed by atoms with van der Waals surface area (Å²) in [5.74, 6) is 0.590. The van der Waals surface area contributed by atoms with Gasteiger partial charge in [-0.25, -0.2) is 0 Å². The van der Waals surface area contributed by atoms with Crippen LogP contribution in [0.2, 0.25) is 0 Å². The summed E-state index contributed by atoms with van der Waals surface area (Å²) in [5.41, 5.74) is 2.12. The molecule has 0 unspecified atom stereocenters. The van der Waals surface area contributed by atoms with E-state index in [-0.39, 0.29) is 6.61 Å². The van der Waals surface area contributed by atoms with Gasteiger partial charge >= 0.3 is 0 Å². The van der Waals surface area contributed by atoms with E-state index in [4.69, 9.17) is 0 Å². The molecule has 0 atom stereocenters. The van der Waals surface area contributed by atoms with Gasteiger partial charge in [-0.2, -0.15) is 0 Å². The zero-order valence-corrected chi connectivity index (χ0v) is 13.9. The van der Waals surface area contributed by atoms with Crippen molar-refractivity contribution >= 4 is 21.6 Å². The summed E-state index contributed by atoms with van der Waals surface area (Å²) in [6.07, 6.45) is 0. The van der Waals surface area contributed by atoms with Crippen LogP contribution in [0.15, 0.2) is 22.7 Å². The van der Waals surface area contributed by atoms with Gasteiger partial charge in [0.15, 0.2) is 0 Å². The molecule has 0 aliphatic heterocycles. The average molecular weight is 329 g/mol. The SMILES string of the molecule is CC(C)CN(CCN(C)C)c1cc(Br)ccc1CO. The molecule has 1 rings (SSSR count). The molecule has 19 heavy (non-hydrogen) atoms. The van der Waals surface area contributed by atoms with Gasteiger partial charge in [-0.05, 0) is 32.1 Å². The Balaban J connectivity index is 2.97. The van der Waals surface area contributed by atoms with Crippen molar-refractivity contribution in [3.05, 3.63) is 28.2 Å². The monoisotopic (exact) mass is 328 g/mol. The highest BCUT2D eigenvalue weighted by atomic mass is 79.9. The van der Waals surface area contributed by atoms with Crippen LogP contribution in [0.1, 0.15) is 19.4 Å². The number of aliphatic hydroxyl groups excluding tert-OH is 1. The molecule has 0 saturated heterocycles. The Labute approximate surface area is 125 Å². The first-order chi connectivity index (χ1) is 8.93. The maximum absolute atomic E-state index is 9.52. The Kier molecular flexibility index (Phi) is 6.83. The zero-order chi connectivity index (χ0) is 14.4. The first kappa shape index (κ1) is 16.5. The summed E-state index contributed by atoms with van der Waals surface area (Å²) < 4.78 is 1.05. The third-order valence-electron chi connectivity index (χ3n) is 2.96. The van der Waals surface area contributed by atoms with Crippen LogP contribution in [0.3, 0.4) is 0 Å². The second-order valence-electron chi connectivity index (χ2n) is 5.57. The van der Waals surface area contributed by atoms with Gasteiger partial charge in [0.1, 0.15) is 0 Å². The van der Waals surface area contributed by atoms with Gasteiger partial charge in [-0.3, -0.25) is 0 Å². The first-order valence-corrected chi connectivity index (χ1v) is 7.52. The fourth-order valence-corrected chi connectivity index (χ4v) is 2.39. The molecule has 0 aromatic heterocycles. The van der Waals surface area contributed by atoms with E-state index >= 15 is 0 Å². The van der Waals surface area contributed by atoms with Crippen LogP contribution in [0.25, 0.3) is 0 Å². The number of benzene rings is 1. The highest BCUT2D eigenvalue weighted by molar-refractivity contribution is 9.10. The van der Waals surface area contributed by atoms with Gasteiger partial charge in [0, 0.05) is 35.4 Å². The summed E-state index contributed by atoms with van der Waals surface area (Å²) in [4.78, 5) is 4.55. The van der Waals surface area contributed by atoms with E-state index in [2.05, 4.69) is 59.7 Å². The van der Waals surface area contributed by atoms with Crippen LogP contribution in [0.5, 0.6) is 0 Å². The van der Waals surface area contributed by atoms with Crippen molar-refractivity contribution in [2.24, 2.45) is 5.92 Å². The number of aliphatic hydroxyl groups is 1. The van der Waals surface area contributed by atoms with Crippen LogP contribution >= 0.6 is 15.9 Å². The maximum Gasteiger partial charge on any atom is 0.0702 e. The van der Waals surface area contributed by atoms with Crippen LogP contribution in [-0.4, -0.2) is 43.7 Å². The molecule has 0 amide bonds. The van der Waals surface area contributed by atoms with Crippen LogP contribution in [0.4, 0.5) is 5.69 Å². The summed E-state index contributed by atoms with van der Waals surface area (Å²) in [6.45, 7) is 7.49. The minimum absolute atomic E-state index is 0.0825. The highest BCUT2D eigenvalue weighted by Gasteiger charge is 2.13. The Morgan fingerprint density at radius 3 is 2.42 bits per heavy atom. The smallest absolute Gasteiger partial charge is 0.0702 e. The third-order valence-corrected chi connectivity index (χ3v) is 3.45. The van der Waals surface area contributed by atoms with Crippen molar-refractivity contribution in [3.8, 4) is 0 Å². The molecule has 0 saturated carbocycles. The van der Waals surface area contributed by atoms with Crippen molar-refractivity contribution in [3.63, 3.8) is 0 Å². The lowest BCUT2D eigenvalue weighted by Gasteiger charge is -2.30. The molecule has 0 bridgehead atoms. The maximum atomic E-state index is 9.52. The van der Waals surface area contributed by atoms with Crippen molar-refractivity contribution in [1.82, 2.24) is 4.90 Å². The quantitative estimate of drug-likeness (QED) is 0.833. The number of hydrogen-bond acceptors (Lipinski definition) is 3. The van der Waals surface area contributed by atoms with Crippen LogP contribution in [-0.2, 0) is 6.61 Å². The van der Waals surface area contributed by atoms with Gasteiger partial charge in [0.25, 0.3) is 0 Å². The number of likely N-dealkylation sites (N-methyl/N-ethyl adjacent to an activating group) is 1. The van der Waals surface area contributed by atoms with Gasteiger partial charge in [-0.15, -0.1) is 0 Å². The van der Waals surface area contributed by atoms with Crippen LogP contribution < -0.4 is 4.90 Å². The lowest BCUT2D eigenvalue weighted by molar-refractivity contribution is 0.281. The van der Waals surface area contributed by atoms with E-state index in [0.29, 0.717) is 5.92 Å². The first-order valence-electron chi connectivity index (χ1n) is 6.73. The molecule has 0 heterocycles. The molecule has 0 fully saturated rings. The van der Waals surface area contributed by atoms with Gasteiger partial charge < -0.3 is 14.9 Å². The van der Waals surface area contributed by atoms with Crippen molar-refractivity contribution in [2.45, 2.75) is 20.5 Å². The minimum atomic E-state index is 0.0825. The predicted molar refractivity (Wildman–Crippen MR) is 85.7 cm³/mol. The molecule has 108 valence electrons. The predicted octanol–water partition coefficient (Wildman–Crippen LogP) is 2.97. The van der Waals surface area contributed by atoms with Crippen LogP contribution in [0, 0.1) is 5.92 Å². The molecule has 1 N–H and O–H groups in total. The van der Waals surface area contributed by atoms with Crippen molar-refractivity contribution in [1.29, 1.82) is 0 Å². The standard InChI is InChI=1S/C15H25BrN2O/c1-12(2)10-18(8-7-17(3)4)15-9-14(16)6-5-13(15)11-19/h5-6,9,12,19H,7-8,10-11H2,1-4H3. The molecule has 1 aromatic rings. The van der Waals surface area contributed by atoms with E-state index < -0.39 is 0 Å². The zero-order valence-electron chi connectivity index (χ0n) is 12.4. The Morgan fingerprint density at radius 1 is 1.21 bits per heavy atom. The second-order valence-corrected chi connectivity index (χ2v) is 6.49. The van der Waals surface area contributed by atoms with Crippen molar-refractivity contribution < 1.29 is 5.11 Å². The molecule has 4 heteroatoms. The molecular weight excluding hydrogens is 304 g/mol. The lowest BCUT2D eigenvalue weighted by Crippen LogP contribution is -2.35. The topological polar surface area (TPSA) is 26.7 Å². The van der Waals surface area contributed by atoms with Gasteiger partial charge in [-0.1, -0.05) is 35.8 Å². The molecule has 3 nitrogen and oxygen atoms in total. The molecular formula is C15H25BrN2O. The number of halogens is 1. The average Bonchev–Trinajstić information content (AvgIpc) is 2.33. The summed E-state index contributed by atoms with van der Waals surface area (Å²) in [5, 5.41) is 9.52. The number of hydrogen-bond donors (Lipinski definition) is 1. The molecule has 0 aliphatic carbocycles. The van der Waals surface area contributed by atoms with Gasteiger partial charge in [0.2, 0.25) is 0 Å². The number of anilines is 1. The molecule has 0 spiro atoms. The fourth-order valence-electron chi connectivity index (χ4n) is 2.04. The molecule has 0 aliphatic rings. The third kappa shape index (κ3) is 5.51. The minimum Gasteiger partial charge on any atom is -0.392 e.